The molecule has 0 radical (unpaired) electrons. The van der Waals surface area contributed by atoms with Crippen molar-refractivity contribution in [2.45, 2.75) is 34.1 Å². The Morgan fingerprint density at radius 2 is 2.16 bits per heavy atom. The van der Waals surface area contributed by atoms with Crippen LogP contribution < -0.4 is 4.90 Å². The molecule has 5 nitrogen and oxygen atoms in total. The van der Waals surface area contributed by atoms with Crippen molar-refractivity contribution < 1.29 is 4.52 Å². The number of rotatable bonds is 6. The molecule has 6 heteroatoms. The standard InChI is InChI=1S/C13H20N4OS/c1-5-17(7-9(2)3)13-15-11(8-19-13)6-12-14-10(4)16-18-12/h8-9H,5-7H2,1-4H3. The molecule has 104 valence electrons. The molecule has 2 rings (SSSR count). The van der Waals surface area contributed by atoms with Crippen molar-refractivity contribution in [3.05, 3.63) is 22.8 Å². The van der Waals surface area contributed by atoms with E-state index in [0.29, 0.717) is 24.1 Å². The summed E-state index contributed by atoms with van der Waals surface area (Å²) in [7, 11) is 0. The third kappa shape index (κ3) is 3.76. The molecule has 19 heavy (non-hydrogen) atoms. The number of hydrogen-bond donors (Lipinski definition) is 0. The number of anilines is 1. The maximum absolute atomic E-state index is 5.12. The van der Waals surface area contributed by atoms with Gasteiger partial charge in [-0.15, -0.1) is 11.3 Å². The van der Waals surface area contributed by atoms with Crippen molar-refractivity contribution in [2.75, 3.05) is 18.0 Å². The van der Waals surface area contributed by atoms with Gasteiger partial charge in [-0.3, -0.25) is 0 Å². The van der Waals surface area contributed by atoms with Crippen LogP contribution in [0.2, 0.25) is 0 Å². The zero-order valence-corrected chi connectivity index (χ0v) is 12.7. The fourth-order valence-electron chi connectivity index (χ4n) is 1.87. The van der Waals surface area contributed by atoms with Crippen molar-refractivity contribution in [1.29, 1.82) is 0 Å². The highest BCUT2D eigenvalue weighted by Crippen LogP contribution is 2.22. The molecule has 0 saturated carbocycles. The predicted octanol–water partition coefficient (Wildman–Crippen LogP) is 2.91. The Balaban J connectivity index is 2.05. The maximum atomic E-state index is 5.12. The molecule has 0 amide bonds. The largest absolute Gasteiger partial charge is 0.348 e. The summed E-state index contributed by atoms with van der Waals surface area (Å²) in [5.41, 5.74) is 0.992. The van der Waals surface area contributed by atoms with Crippen molar-refractivity contribution >= 4 is 16.5 Å². The summed E-state index contributed by atoms with van der Waals surface area (Å²) >= 11 is 1.68. The Morgan fingerprint density at radius 1 is 1.37 bits per heavy atom. The predicted molar refractivity (Wildman–Crippen MR) is 76.7 cm³/mol. The minimum Gasteiger partial charge on any atom is -0.348 e. The van der Waals surface area contributed by atoms with Crippen LogP contribution in [0, 0.1) is 12.8 Å². The van der Waals surface area contributed by atoms with Gasteiger partial charge in [-0.2, -0.15) is 4.98 Å². The highest BCUT2D eigenvalue weighted by molar-refractivity contribution is 7.13. The Kier molecular flexibility index (Phi) is 4.52. The van der Waals surface area contributed by atoms with E-state index >= 15 is 0 Å². The summed E-state index contributed by atoms with van der Waals surface area (Å²) in [6.07, 6.45) is 0.608. The summed E-state index contributed by atoms with van der Waals surface area (Å²) in [5.74, 6) is 1.92. The van der Waals surface area contributed by atoms with Crippen LogP contribution in [0.25, 0.3) is 0 Å². The molecular formula is C13H20N4OS. The molecule has 0 fully saturated rings. The fraction of sp³-hybridized carbons (Fsp3) is 0.615. The van der Waals surface area contributed by atoms with E-state index in [0.717, 1.165) is 23.9 Å². The molecule has 0 aliphatic rings. The molecule has 0 unspecified atom stereocenters. The Hall–Kier alpha value is -1.43. The molecule has 0 aliphatic carbocycles. The first-order valence-corrected chi connectivity index (χ1v) is 7.45. The Bertz CT molecular complexity index is 520. The molecule has 2 aromatic rings. The third-order valence-electron chi connectivity index (χ3n) is 2.68. The van der Waals surface area contributed by atoms with Crippen LogP contribution in [-0.2, 0) is 6.42 Å². The zero-order chi connectivity index (χ0) is 13.8. The summed E-state index contributed by atoms with van der Waals surface area (Å²) in [6, 6.07) is 0. The van der Waals surface area contributed by atoms with Crippen LogP contribution in [0.1, 0.15) is 38.2 Å². The number of aromatic nitrogens is 3. The summed E-state index contributed by atoms with van der Waals surface area (Å²) in [5, 5.41) is 6.93. The maximum Gasteiger partial charge on any atom is 0.232 e. The van der Waals surface area contributed by atoms with Crippen molar-refractivity contribution in [1.82, 2.24) is 15.1 Å². The second kappa shape index (κ2) is 6.14. The normalized spacial score (nSPS) is 11.2. The molecular weight excluding hydrogens is 260 g/mol. The topological polar surface area (TPSA) is 55.1 Å². The Labute approximate surface area is 117 Å². The molecule has 2 heterocycles. The minimum atomic E-state index is 0.608. The average molecular weight is 280 g/mol. The first-order chi connectivity index (χ1) is 9.08. The van der Waals surface area contributed by atoms with E-state index in [9.17, 15) is 0 Å². The molecule has 2 aromatic heterocycles. The van der Waals surface area contributed by atoms with E-state index in [2.05, 4.69) is 46.2 Å². The lowest BCUT2D eigenvalue weighted by molar-refractivity contribution is 0.380. The smallest absolute Gasteiger partial charge is 0.232 e. The average Bonchev–Trinajstić information content (AvgIpc) is 2.96. The van der Waals surface area contributed by atoms with E-state index in [-0.39, 0.29) is 0 Å². The van der Waals surface area contributed by atoms with Crippen molar-refractivity contribution in [3.63, 3.8) is 0 Å². The van der Waals surface area contributed by atoms with Crippen LogP contribution in [0.3, 0.4) is 0 Å². The number of thiazole rings is 1. The lowest BCUT2D eigenvalue weighted by Crippen LogP contribution is -2.27. The fourth-order valence-corrected chi connectivity index (χ4v) is 2.77. The minimum absolute atomic E-state index is 0.608. The van der Waals surface area contributed by atoms with Crippen LogP contribution >= 0.6 is 11.3 Å². The summed E-state index contributed by atoms with van der Waals surface area (Å²) < 4.78 is 5.12. The molecule has 0 N–H and O–H groups in total. The summed E-state index contributed by atoms with van der Waals surface area (Å²) in [4.78, 5) is 11.2. The lowest BCUT2D eigenvalue weighted by atomic mass is 10.2. The van der Waals surface area contributed by atoms with Gasteiger partial charge >= 0.3 is 0 Å². The Morgan fingerprint density at radius 3 is 2.74 bits per heavy atom. The van der Waals surface area contributed by atoms with Gasteiger partial charge in [-0.1, -0.05) is 19.0 Å². The van der Waals surface area contributed by atoms with Crippen molar-refractivity contribution in [3.8, 4) is 0 Å². The van der Waals surface area contributed by atoms with Gasteiger partial charge in [0, 0.05) is 18.5 Å². The molecule has 0 saturated heterocycles. The van der Waals surface area contributed by atoms with E-state index in [4.69, 9.17) is 4.52 Å². The first-order valence-electron chi connectivity index (χ1n) is 6.57. The van der Waals surface area contributed by atoms with E-state index in [1.165, 1.54) is 0 Å². The van der Waals surface area contributed by atoms with Gasteiger partial charge in [-0.05, 0) is 19.8 Å². The lowest BCUT2D eigenvalue weighted by Gasteiger charge is -2.21. The van der Waals surface area contributed by atoms with Gasteiger partial charge in [0.2, 0.25) is 5.89 Å². The third-order valence-corrected chi connectivity index (χ3v) is 3.63. The molecule has 0 spiro atoms. The van der Waals surface area contributed by atoms with Gasteiger partial charge in [0.25, 0.3) is 0 Å². The first kappa shape index (κ1) is 14.0. The van der Waals surface area contributed by atoms with Gasteiger partial charge in [0.1, 0.15) is 0 Å². The van der Waals surface area contributed by atoms with Gasteiger partial charge in [-0.25, -0.2) is 4.98 Å². The second-order valence-corrected chi connectivity index (χ2v) is 5.80. The van der Waals surface area contributed by atoms with E-state index in [1.807, 2.05) is 6.92 Å². The summed E-state index contributed by atoms with van der Waals surface area (Å²) in [6.45, 7) is 10.4. The number of aryl methyl sites for hydroxylation is 1. The number of hydrogen-bond acceptors (Lipinski definition) is 6. The zero-order valence-electron chi connectivity index (χ0n) is 11.9. The number of nitrogens with zero attached hydrogens (tertiary/aromatic N) is 4. The monoisotopic (exact) mass is 280 g/mol. The van der Waals surface area contributed by atoms with Crippen LogP contribution in [0.5, 0.6) is 0 Å². The molecule has 0 aromatic carbocycles. The molecule has 0 aliphatic heterocycles. The molecule has 0 bridgehead atoms. The van der Waals surface area contributed by atoms with Crippen LogP contribution in [-0.4, -0.2) is 28.2 Å². The molecule has 0 atom stereocenters. The SMILES string of the molecule is CCN(CC(C)C)c1nc(Cc2nc(C)no2)cs1. The quantitative estimate of drug-likeness (QED) is 0.814. The van der Waals surface area contributed by atoms with E-state index in [1.54, 1.807) is 11.3 Å². The van der Waals surface area contributed by atoms with Crippen molar-refractivity contribution in [2.24, 2.45) is 5.92 Å². The van der Waals surface area contributed by atoms with Crippen LogP contribution in [0.15, 0.2) is 9.90 Å². The second-order valence-electron chi connectivity index (χ2n) is 4.97. The van der Waals surface area contributed by atoms with Gasteiger partial charge in [0.05, 0.1) is 12.1 Å². The van der Waals surface area contributed by atoms with Gasteiger partial charge < -0.3 is 9.42 Å². The van der Waals surface area contributed by atoms with E-state index < -0.39 is 0 Å². The highest BCUT2D eigenvalue weighted by Gasteiger charge is 2.13. The van der Waals surface area contributed by atoms with Gasteiger partial charge in [0.15, 0.2) is 11.0 Å². The highest BCUT2D eigenvalue weighted by atomic mass is 32.1. The van der Waals surface area contributed by atoms with Crippen LogP contribution in [0.4, 0.5) is 5.13 Å².